The summed E-state index contributed by atoms with van der Waals surface area (Å²) in [4.78, 5) is 16.1. The Kier molecular flexibility index (Phi) is 3.09. The van der Waals surface area contributed by atoms with Gasteiger partial charge in [-0.05, 0) is 35.9 Å². The molecule has 0 amide bonds. The highest BCUT2D eigenvalue weighted by Gasteiger charge is 2.07. The molecule has 0 aliphatic heterocycles. The van der Waals surface area contributed by atoms with Gasteiger partial charge in [-0.25, -0.2) is 0 Å². The number of benzene rings is 1. The maximum absolute atomic E-state index is 12.0. The van der Waals surface area contributed by atoms with Gasteiger partial charge in [0.2, 0.25) is 0 Å². The summed E-state index contributed by atoms with van der Waals surface area (Å²) in [5, 5.41) is 7.05. The summed E-state index contributed by atoms with van der Waals surface area (Å²) < 4.78 is 0. The number of H-pyrrole nitrogens is 1. The molecule has 2 N–H and O–H groups in total. The maximum Gasteiger partial charge on any atom is 0.257 e. The molecule has 0 aliphatic carbocycles. The van der Waals surface area contributed by atoms with E-state index in [-0.39, 0.29) is 11.6 Å². The van der Waals surface area contributed by atoms with Crippen molar-refractivity contribution in [3.63, 3.8) is 0 Å². The Morgan fingerprint density at radius 2 is 2.05 bits per heavy atom. The average Bonchev–Trinajstić information content (AvgIpc) is 2.93. The number of rotatable bonds is 3. The van der Waals surface area contributed by atoms with Crippen LogP contribution in [0.2, 0.25) is 0 Å². The molecular formula is C15H14N2OS. The number of aromatic nitrogens is 1. The number of thiophene rings is 1. The third kappa shape index (κ3) is 2.39. The van der Waals surface area contributed by atoms with Gasteiger partial charge in [0.1, 0.15) is 5.82 Å². The van der Waals surface area contributed by atoms with Gasteiger partial charge in [0.05, 0.1) is 6.04 Å². The topological polar surface area (TPSA) is 44.9 Å². The fraction of sp³-hybridized carbons (Fsp3) is 0.133. The highest BCUT2D eigenvalue weighted by atomic mass is 32.1. The molecule has 0 radical (unpaired) electrons. The highest BCUT2D eigenvalue weighted by molar-refractivity contribution is 7.10. The average molecular weight is 270 g/mol. The van der Waals surface area contributed by atoms with Crippen LogP contribution >= 0.6 is 11.3 Å². The lowest BCUT2D eigenvalue weighted by Crippen LogP contribution is -2.12. The lowest BCUT2D eigenvalue weighted by Gasteiger charge is -2.13. The Labute approximate surface area is 114 Å². The Bertz CT molecular complexity index is 746. The van der Waals surface area contributed by atoms with E-state index < -0.39 is 0 Å². The van der Waals surface area contributed by atoms with Crippen molar-refractivity contribution in [2.24, 2.45) is 0 Å². The van der Waals surface area contributed by atoms with Crippen molar-refractivity contribution in [3.8, 4) is 0 Å². The quantitative estimate of drug-likeness (QED) is 0.761. The molecule has 96 valence electrons. The van der Waals surface area contributed by atoms with Gasteiger partial charge >= 0.3 is 0 Å². The molecule has 19 heavy (non-hydrogen) atoms. The van der Waals surface area contributed by atoms with E-state index in [1.54, 1.807) is 11.3 Å². The minimum atomic E-state index is -0.0565. The molecule has 1 unspecified atom stereocenters. The molecule has 0 saturated carbocycles. The SMILES string of the molecule is CC(Nc1cc2ccccc2c(=O)[nH]1)c1cccs1. The number of hydrogen-bond donors (Lipinski definition) is 2. The fourth-order valence-electron chi connectivity index (χ4n) is 2.13. The Morgan fingerprint density at radius 3 is 2.84 bits per heavy atom. The maximum atomic E-state index is 12.0. The third-order valence-corrected chi connectivity index (χ3v) is 4.15. The first-order valence-corrected chi connectivity index (χ1v) is 7.04. The third-order valence-electron chi connectivity index (χ3n) is 3.10. The van der Waals surface area contributed by atoms with E-state index in [4.69, 9.17) is 0 Å². The standard InChI is InChI=1S/C15H14N2OS/c1-10(13-7-4-8-19-13)16-14-9-11-5-2-3-6-12(11)15(18)17-14/h2-10H,1H3,(H2,16,17,18). The molecule has 3 rings (SSSR count). The number of hydrogen-bond acceptors (Lipinski definition) is 3. The second-order valence-electron chi connectivity index (χ2n) is 4.48. The second-order valence-corrected chi connectivity index (χ2v) is 5.46. The van der Waals surface area contributed by atoms with Gasteiger partial charge in [-0.3, -0.25) is 4.79 Å². The highest BCUT2D eigenvalue weighted by Crippen LogP contribution is 2.22. The molecule has 0 bridgehead atoms. The van der Waals surface area contributed by atoms with Crippen LogP contribution in [-0.2, 0) is 0 Å². The van der Waals surface area contributed by atoms with E-state index >= 15 is 0 Å². The van der Waals surface area contributed by atoms with Crippen molar-refractivity contribution in [3.05, 3.63) is 63.1 Å². The molecule has 3 aromatic rings. The molecule has 4 heteroatoms. The van der Waals surface area contributed by atoms with Crippen LogP contribution in [0.25, 0.3) is 10.8 Å². The van der Waals surface area contributed by atoms with Crippen LogP contribution in [0.5, 0.6) is 0 Å². The zero-order valence-electron chi connectivity index (χ0n) is 10.5. The largest absolute Gasteiger partial charge is 0.364 e. The van der Waals surface area contributed by atoms with Crippen LogP contribution in [0.1, 0.15) is 17.8 Å². The number of anilines is 1. The lowest BCUT2D eigenvalue weighted by molar-refractivity contribution is 0.895. The number of pyridine rings is 1. The number of nitrogens with one attached hydrogen (secondary N) is 2. The van der Waals surface area contributed by atoms with Crippen molar-refractivity contribution in [2.75, 3.05) is 5.32 Å². The van der Waals surface area contributed by atoms with Crippen LogP contribution in [0.15, 0.2) is 52.6 Å². The van der Waals surface area contributed by atoms with E-state index in [9.17, 15) is 4.79 Å². The first kappa shape index (κ1) is 12.0. The van der Waals surface area contributed by atoms with E-state index in [0.717, 1.165) is 16.6 Å². The summed E-state index contributed by atoms with van der Waals surface area (Å²) >= 11 is 1.70. The van der Waals surface area contributed by atoms with Crippen LogP contribution < -0.4 is 10.9 Å². The number of aromatic amines is 1. The van der Waals surface area contributed by atoms with Crippen LogP contribution in [0.3, 0.4) is 0 Å². The number of fused-ring (bicyclic) bond motifs is 1. The van der Waals surface area contributed by atoms with Crippen molar-refractivity contribution in [1.29, 1.82) is 0 Å². The van der Waals surface area contributed by atoms with E-state index in [2.05, 4.69) is 28.7 Å². The monoisotopic (exact) mass is 270 g/mol. The zero-order chi connectivity index (χ0) is 13.2. The van der Waals surface area contributed by atoms with Crippen molar-refractivity contribution >= 4 is 27.9 Å². The van der Waals surface area contributed by atoms with Crippen LogP contribution in [0, 0.1) is 0 Å². The summed E-state index contributed by atoms with van der Waals surface area (Å²) in [5.74, 6) is 0.754. The molecule has 1 atom stereocenters. The molecule has 3 nitrogen and oxygen atoms in total. The Hall–Kier alpha value is -2.07. The Balaban J connectivity index is 1.95. The van der Waals surface area contributed by atoms with Gasteiger partial charge < -0.3 is 10.3 Å². The molecule has 0 aliphatic rings. The molecule has 0 saturated heterocycles. The van der Waals surface area contributed by atoms with Gasteiger partial charge in [-0.1, -0.05) is 24.3 Å². The van der Waals surface area contributed by atoms with Gasteiger partial charge in [-0.15, -0.1) is 11.3 Å². The molecule has 0 fully saturated rings. The fourth-order valence-corrected chi connectivity index (χ4v) is 2.87. The summed E-state index contributed by atoms with van der Waals surface area (Å²) in [6.07, 6.45) is 0. The van der Waals surface area contributed by atoms with E-state index in [0.29, 0.717) is 0 Å². The normalized spacial score (nSPS) is 12.5. The van der Waals surface area contributed by atoms with Crippen LogP contribution in [-0.4, -0.2) is 4.98 Å². The van der Waals surface area contributed by atoms with Crippen molar-refractivity contribution < 1.29 is 0 Å². The molecule has 0 spiro atoms. The molecular weight excluding hydrogens is 256 g/mol. The zero-order valence-corrected chi connectivity index (χ0v) is 11.3. The summed E-state index contributed by atoms with van der Waals surface area (Å²) in [7, 11) is 0. The summed E-state index contributed by atoms with van der Waals surface area (Å²) in [6, 6.07) is 13.9. The molecule has 2 heterocycles. The predicted molar refractivity (Wildman–Crippen MR) is 80.9 cm³/mol. The minimum Gasteiger partial charge on any atom is -0.364 e. The van der Waals surface area contributed by atoms with E-state index in [1.807, 2.05) is 36.4 Å². The van der Waals surface area contributed by atoms with Gasteiger partial charge in [0, 0.05) is 10.3 Å². The minimum absolute atomic E-state index is 0.0565. The molecule has 2 aromatic heterocycles. The van der Waals surface area contributed by atoms with Gasteiger partial charge in [-0.2, -0.15) is 0 Å². The van der Waals surface area contributed by atoms with Gasteiger partial charge in [0.25, 0.3) is 5.56 Å². The smallest absolute Gasteiger partial charge is 0.257 e. The summed E-state index contributed by atoms with van der Waals surface area (Å²) in [5.41, 5.74) is -0.0565. The van der Waals surface area contributed by atoms with Crippen molar-refractivity contribution in [2.45, 2.75) is 13.0 Å². The first-order chi connectivity index (χ1) is 9.24. The van der Waals surface area contributed by atoms with E-state index in [1.165, 1.54) is 4.88 Å². The second kappa shape index (κ2) is 4.90. The van der Waals surface area contributed by atoms with Gasteiger partial charge in [0.15, 0.2) is 0 Å². The lowest BCUT2D eigenvalue weighted by atomic mass is 10.1. The Morgan fingerprint density at radius 1 is 1.21 bits per heavy atom. The predicted octanol–water partition coefficient (Wildman–Crippen LogP) is 3.76. The first-order valence-electron chi connectivity index (χ1n) is 6.16. The van der Waals surface area contributed by atoms with Crippen molar-refractivity contribution in [1.82, 2.24) is 4.98 Å². The molecule has 1 aromatic carbocycles. The van der Waals surface area contributed by atoms with Crippen LogP contribution in [0.4, 0.5) is 5.82 Å². The summed E-state index contributed by atoms with van der Waals surface area (Å²) in [6.45, 7) is 2.08.